The lowest BCUT2D eigenvalue weighted by atomic mass is 10.2. The molecule has 22 heavy (non-hydrogen) atoms. The zero-order valence-corrected chi connectivity index (χ0v) is 13.0. The van der Waals surface area contributed by atoms with E-state index in [0.29, 0.717) is 46.2 Å². The summed E-state index contributed by atoms with van der Waals surface area (Å²) < 4.78 is 25.6. The van der Waals surface area contributed by atoms with Gasteiger partial charge in [0.2, 0.25) is 0 Å². The third-order valence-corrected chi connectivity index (χ3v) is 2.68. The van der Waals surface area contributed by atoms with E-state index in [1.165, 1.54) is 7.11 Å². The van der Waals surface area contributed by atoms with Crippen LogP contribution in [-0.4, -0.2) is 59.3 Å². The van der Waals surface area contributed by atoms with E-state index in [2.05, 4.69) is 4.74 Å². The monoisotopic (exact) mass is 312 g/mol. The van der Waals surface area contributed by atoms with Crippen LogP contribution in [0.4, 0.5) is 0 Å². The van der Waals surface area contributed by atoms with Crippen LogP contribution in [0.1, 0.15) is 5.56 Å². The molecule has 0 fully saturated rings. The zero-order chi connectivity index (χ0) is 15.9. The second-order valence-corrected chi connectivity index (χ2v) is 4.39. The summed E-state index contributed by atoms with van der Waals surface area (Å²) in [5.41, 5.74) is 1.15. The minimum atomic E-state index is -0.390. The van der Waals surface area contributed by atoms with Gasteiger partial charge in [-0.2, -0.15) is 0 Å². The quantitative estimate of drug-likeness (QED) is 0.405. The lowest BCUT2D eigenvalue weighted by Crippen LogP contribution is -2.15. The normalized spacial score (nSPS) is 10.6. The van der Waals surface area contributed by atoms with Crippen molar-refractivity contribution in [1.82, 2.24) is 0 Å². The average Bonchev–Trinajstić information content (AvgIpc) is 2.56. The predicted octanol–water partition coefficient (Wildman–Crippen LogP) is 1.43. The highest BCUT2D eigenvalue weighted by Gasteiger charge is 1.98. The molecule has 124 valence electrons. The first-order valence-electron chi connectivity index (χ1n) is 7.24. The molecule has 6 heteroatoms. The van der Waals surface area contributed by atoms with Crippen LogP contribution in [0.5, 0.6) is 0 Å². The molecule has 1 rings (SSSR count). The predicted molar refractivity (Wildman–Crippen MR) is 80.6 cm³/mol. The summed E-state index contributed by atoms with van der Waals surface area (Å²) in [5.74, 6) is -0.390. The van der Waals surface area contributed by atoms with Crippen LogP contribution < -0.4 is 0 Å². The molecule has 0 radical (unpaired) electrons. The van der Waals surface area contributed by atoms with Crippen molar-refractivity contribution in [3.8, 4) is 0 Å². The van der Waals surface area contributed by atoms with Crippen molar-refractivity contribution in [2.75, 3.05) is 53.4 Å². The van der Waals surface area contributed by atoms with Crippen molar-refractivity contribution in [2.45, 2.75) is 6.61 Å². The maximum Gasteiger partial charge on any atom is 0.331 e. The standard InChI is InChI=1S/C16H24O6/c1-18-16(17)14-22-12-10-20-8-7-19-9-11-21-13-15-5-3-2-4-6-15/h2-6H,7-14H2,1H3. The SMILES string of the molecule is COC(=O)COCCOCCOCCOCc1ccccc1. The molecule has 1 aromatic carbocycles. The van der Waals surface area contributed by atoms with Crippen LogP contribution in [0.15, 0.2) is 30.3 Å². The van der Waals surface area contributed by atoms with Crippen molar-refractivity contribution in [1.29, 1.82) is 0 Å². The maximum atomic E-state index is 10.7. The van der Waals surface area contributed by atoms with Gasteiger partial charge in [0.1, 0.15) is 6.61 Å². The molecule has 0 amide bonds. The Morgan fingerprint density at radius 2 is 1.36 bits per heavy atom. The molecule has 0 atom stereocenters. The zero-order valence-electron chi connectivity index (χ0n) is 13.0. The lowest BCUT2D eigenvalue weighted by molar-refractivity contribution is -0.146. The number of hydrogen-bond donors (Lipinski definition) is 0. The van der Waals surface area contributed by atoms with Gasteiger partial charge >= 0.3 is 5.97 Å². The van der Waals surface area contributed by atoms with Gasteiger partial charge in [-0.1, -0.05) is 30.3 Å². The van der Waals surface area contributed by atoms with E-state index in [-0.39, 0.29) is 12.6 Å². The Morgan fingerprint density at radius 3 is 1.95 bits per heavy atom. The summed E-state index contributed by atoms with van der Waals surface area (Å²) in [6.45, 7) is 3.41. The van der Waals surface area contributed by atoms with Crippen molar-refractivity contribution in [2.24, 2.45) is 0 Å². The van der Waals surface area contributed by atoms with Crippen LogP contribution in [0, 0.1) is 0 Å². The number of carbonyl (C=O) groups is 1. The van der Waals surface area contributed by atoms with Crippen LogP contribution in [0.2, 0.25) is 0 Å². The Hall–Kier alpha value is -1.47. The van der Waals surface area contributed by atoms with E-state index in [9.17, 15) is 4.79 Å². The van der Waals surface area contributed by atoms with Crippen molar-refractivity contribution >= 4 is 5.97 Å². The summed E-state index contributed by atoms with van der Waals surface area (Å²) in [7, 11) is 1.32. The number of rotatable bonds is 13. The van der Waals surface area contributed by atoms with Crippen LogP contribution >= 0.6 is 0 Å². The van der Waals surface area contributed by atoms with Crippen molar-refractivity contribution < 1.29 is 28.5 Å². The summed E-state index contributed by atoms with van der Waals surface area (Å²) in [6.07, 6.45) is 0. The van der Waals surface area contributed by atoms with Crippen LogP contribution in [-0.2, 0) is 35.1 Å². The van der Waals surface area contributed by atoms with Gasteiger partial charge in [0.05, 0.1) is 53.4 Å². The fourth-order valence-corrected chi connectivity index (χ4v) is 1.54. The fraction of sp³-hybridized carbons (Fsp3) is 0.562. The van der Waals surface area contributed by atoms with Gasteiger partial charge < -0.3 is 23.7 Å². The smallest absolute Gasteiger partial charge is 0.331 e. The van der Waals surface area contributed by atoms with E-state index in [4.69, 9.17) is 18.9 Å². The summed E-state index contributed by atoms with van der Waals surface area (Å²) in [5, 5.41) is 0. The molecule has 0 bridgehead atoms. The molecule has 6 nitrogen and oxygen atoms in total. The minimum absolute atomic E-state index is 0.0465. The largest absolute Gasteiger partial charge is 0.467 e. The Balaban J connectivity index is 1.77. The highest BCUT2D eigenvalue weighted by Crippen LogP contribution is 1.99. The molecule has 0 saturated carbocycles. The molecule has 0 unspecified atom stereocenters. The topological polar surface area (TPSA) is 63.2 Å². The van der Waals surface area contributed by atoms with Crippen LogP contribution in [0.25, 0.3) is 0 Å². The number of carbonyl (C=O) groups excluding carboxylic acids is 1. The van der Waals surface area contributed by atoms with Crippen molar-refractivity contribution in [3.05, 3.63) is 35.9 Å². The van der Waals surface area contributed by atoms with Gasteiger partial charge in [0, 0.05) is 0 Å². The Labute approximate surface area is 131 Å². The molecular formula is C16H24O6. The minimum Gasteiger partial charge on any atom is -0.467 e. The fourth-order valence-electron chi connectivity index (χ4n) is 1.54. The highest BCUT2D eigenvalue weighted by molar-refractivity contribution is 5.70. The van der Waals surface area contributed by atoms with Gasteiger partial charge in [-0.25, -0.2) is 4.79 Å². The van der Waals surface area contributed by atoms with E-state index in [1.54, 1.807) is 0 Å². The number of ether oxygens (including phenoxy) is 5. The second kappa shape index (κ2) is 13.2. The molecule has 0 N–H and O–H groups in total. The molecule has 0 aliphatic heterocycles. The second-order valence-electron chi connectivity index (χ2n) is 4.39. The Morgan fingerprint density at radius 1 is 0.818 bits per heavy atom. The first kappa shape index (κ1) is 18.6. The summed E-state index contributed by atoms with van der Waals surface area (Å²) in [4.78, 5) is 10.7. The molecule has 0 aliphatic carbocycles. The first-order chi connectivity index (χ1) is 10.8. The van der Waals surface area contributed by atoms with E-state index < -0.39 is 0 Å². The average molecular weight is 312 g/mol. The van der Waals surface area contributed by atoms with Gasteiger partial charge in [-0.3, -0.25) is 0 Å². The molecule has 0 saturated heterocycles. The van der Waals surface area contributed by atoms with Gasteiger partial charge in [-0.15, -0.1) is 0 Å². The molecule has 0 aromatic heterocycles. The Bertz CT molecular complexity index is 381. The number of benzene rings is 1. The molecule has 1 aromatic rings. The van der Waals surface area contributed by atoms with Gasteiger partial charge in [-0.05, 0) is 5.56 Å². The highest BCUT2D eigenvalue weighted by atomic mass is 16.6. The summed E-state index contributed by atoms with van der Waals surface area (Å²) in [6, 6.07) is 10.0. The summed E-state index contributed by atoms with van der Waals surface area (Å²) >= 11 is 0. The Kier molecular flexibility index (Phi) is 11.2. The number of methoxy groups -OCH3 is 1. The van der Waals surface area contributed by atoms with E-state index in [1.807, 2.05) is 30.3 Å². The molecule has 0 heterocycles. The third-order valence-electron chi connectivity index (χ3n) is 2.68. The van der Waals surface area contributed by atoms with Crippen molar-refractivity contribution in [3.63, 3.8) is 0 Å². The first-order valence-corrected chi connectivity index (χ1v) is 7.24. The maximum absolute atomic E-state index is 10.7. The van der Waals surface area contributed by atoms with Gasteiger partial charge in [0.25, 0.3) is 0 Å². The third kappa shape index (κ3) is 10.3. The van der Waals surface area contributed by atoms with Gasteiger partial charge in [0.15, 0.2) is 0 Å². The number of esters is 1. The molecule has 0 spiro atoms. The van der Waals surface area contributed by atoms with E-state index >= 15 is 0 Å². The lowest BCUT2D eigenvalue weighted by Gasteiger charge is -2.07. The molecular weight excluding hydrogens is 288 g/mol. The van der Waals surface area contributed by atoms with Crippen LogP contribution in [0.3, 0.4) is 0 Å². The van der Waals surface area contributed by atoms with E-state index in [0.717, 1.165) is 5.56 Å². The number of hydrogen-bond acceptors (Lipinski definition) is 6. The molecule has 0 aliphatic rings.